The SMILES string of the molecule is [B]C1=CC(C)(C)/C=C\C(C)(C)C=C1. The predicted molar refractivity (Wildman–Crippen MR) is 59.7 cm³/mol. The average molecular weight is 172 g/mol. The molecule has 1 heteroatoms. The van der Waals surface area contributed by atoms with Gasteiger partial charge in [0, 0.05) is 10.8 Å². The molecule has 0 fully saturated rings. The molecule has 0 aromatic carbocycles. The van der Waals surface area contributed by atoms with Crippen LogP contribution in [0.4, 0.5) is 0 Å². The highest BCUT2D eigenvalue weighted by molar-refractivity contribution is 6.23. The third-order valence-corrected chi connectivity index (χ3v) is 2.19. The third kappa shape index (κ3) is 3.26. The maximum atomic E-state index is 5.84. The molecule has 0 atom stereocenters. The van der Waals surface area contributed by atoms with Gasteiger partial charge in [0.2, 0.25) is 0 Å². The topological polar surface area (TPSA) is 0 Å². The zero-order valence-electron chi connectivity index (χ0n) is 8.96. The molecule has 0 amide bonds. The summed E-state index contributed by atoms with van der Waals surface area (Å²) < 4.78 is 0. The highest BCUT2D eigenvalue weighted by Crippen LogP contribution is 2.29. The van der Waals surface area contributed by atoms with E-state index in [1.54, 1.807) is 0 Å². The Balaban J connectivity index is 3.10. The monoisotopic (exact) mass is 172 g/mol. The van der Waals surface area contributed by atoms with Gasteiger partial charge in [0.15, 0.2) is 0 Å². The van der Waals surface area contributed by atoms with Crippen molar-refractivity contribution in [2.24, 2.45) is 10.8 Å². The molecule has 0 aromatic rings. The second-order valence-electron chi connectivity index (χ2n) is 4.95. The second kappa shape index (κ2) is 3.21. The molecule has 0 N–H and O–H groups in total. The van der Waals surface area contributed by atoms with Gasteiger partial charge in [-0.25, -0.2) is 0 Å². The summed E-state index contributed by atoms with van der Waals surface area (Å²) in [5.41, 5.74) is 1.02. The molecule has 0 nitrogen and oxygen atoms in total. The van der Waals surface area contributed by atoms with Gasteiger partial charge < -0.3 is 0 Å². The molecular formula is C12H17B. The van der Waals surface area contributed by atoms with Gasteiger partial charge in [0.25, 0.3) is 0 Å². The van der Waals surface area contributed by atoms with E-state index in [-0.39, 0.29) is 10.8 Å². The van der Waals surface area contributed by atoms with Crippen LogP contribution < -0.4 is 0 Å². The van der Waals surface area contributed by atoms with Crippen LogP contribution in [-0.2, 0) is 0 Å². The van der Waals surface area contributed by atoms with Crippen molar-refractivity contribution in [3.8, 4) is 0 Å². The summed E-state index contributed by atoms with van der Waals surface area (Å²) in [6, 6.07) is 0. The molecule has 0 bridgehead atoms. The Labute approximate surface area is 82.8 Å². The Morgan fingerprint density at radius 2 is 1.46 bits per heavy atom. The second-order valence-corrected chi connectivity index (χ2v) is 4.95. The average Bonchev–Trinajstić information content (AvgIpc) is 1.96. The van der Waals surface area contributed by atoms with E-state index in [0.717, 1.165) is 5.47 Å². The highest BCUT2D eigenvalue weighted by atomic mass is 14.2. The smallest absolute Gasteiger partial charge is 0.100 e. The Hall–Kier alpha value is -0.715. The first-order valence-corrected chi connectivity index (χ1v) is 4.69. The van der Waals surface area contributed by atoms with Crippen LogP contribution in [0, 0.1) is 10.8 Å². The summed E-state index contributed by atoms with van der Waals surface area (Å²) in [5.74, 6) is 0. The number of rotatable bonds is 0. The van der Waals surface area contributed by atoms with Crippen LogP contribution in [0.3, 0.4) is 0 Å². The molecule has 0 aromatic heterocycles. The van der Waals surface area contributed by atoms with E-state index in [1.807, 2.05) is 6.08 Å². The Morgan fingerprint density at radius 1 is 0.923 bits per heavy atom. The number of hydrogen-bond donors (Lipinski definition) is 0. The quantitative estimate of drug-likeness (QED) is 0.388. The van der Waals surface area contributed by atoms with Crippen LogP contribution in [0.1, 0.15) is 27.7 Å². The molecule has 1 rings (SSSR count). The Morgan fingerprint density at radius 3 is 2.08 bits per heavy atom. The van der Waals surface area contributed by atoms with Crippen LogP contribution in [0.5, 0.6) is 0 Å². The predicted octanol–water partition coefficient (Wildman–Crippen LogP) is 3.22. The summed E-state index contributed by atoms with van der Waals surface area (Å²) in [6.07, 6.45) is 10.6. The Kier molecular flexibility index (Phi) is 2.56. The van der Waals surface area contributed by atoms with Crippen molar-refractivity contribution in [2.75, 3.05) is 0 Å². The maximum Gasteiger partial charge on any atom is 0.113 e. The molecule has 0 aliphatic heterocycles. The lowest BCUT2D eigenvalue weighted by Gasteiger charge is -2.23. The van der Waals surface area contributed by atoms with E-state index in [2.05, 4.69) is 52.0 Å². The van der Waals surface area contributed by atoms with E-state index in [1.165, 1.54) is 0 Å². The zero-order chi connectivity index (χ0) is 10.1. The maximum absolute atomic E-state index is 5.84. The van der Waals surface area contributed by atoms with Crippen molar-refractivity contribution in [2.45, 2.75) is 27.7 Å². The van der Waals surface area contributed by atoms with Gasteiger partial charge in [0.05, 0.1) is 0 Å². The van der Waals surface area contributed by atoms with E-state index < -0.39 is 0 Å². The van der Waals surface area contributed by atoms with Crippen LogP contribution in [0.25, 0.3) is 0 Å². The minimum Gasteiger partial charge on any atom is -0.100 e. The molecule has 0 saturated carbocycles. The minimum absolute atomic E-state index is 0.0616. The lowest BCUT2D eigenvalue weighted by atomic mass is 9.78. The minimum atomic E-state index is 0.0616. The van der Waals surface area contributed by atoms with Crippen molar-refractivity contribution in [1.82, 2.24) is 0 Å². The molecular weight excluding hydrogens is 155 g/mol. The van der Waals surface area contributed by atoms with Crippen molar-refractivity contribution < 1.29 is 0 Å². The zero-order valence-corrected chi connectivity index (χ0v) is 8.96. The fourth-order valence-electron chi connectivity index (χ4n) is 1.32. The molecule has 0 heterocycles. The molecule has 0 unspecified atom stereocenters. The third-order valence-electron chi connectivity index (χ3n) is 2.19. The number of allylic oxidation sites excluding steroid dienone is 6. The molecule has 13 heavy (non-hydrogen) atoms. The fraction of sp³-hybridized carbons (Fsp3) is 0.500. The van der Waals surface area contributed by atoms with Gasteiger partial charge in [-0.1, -0.05) is 58.1 Å². The van der Waals surface area contributed by atoms with Gasteiger partial charge in [-0.3, -0.25) is 0 Å². The fourth-order valence-corrected chi connectivity index (χ4v) is 1.32. The molecule has 1 aliphatic carbocycles. The summed E-state index contributed by atoms with van der Waals surface area (Å²) in [7, 11) is 5.84. The molecule has 0 spiro atoms. The molecule has 68 valence electrons. The molecule has 0 saturated heterocycles. The van der Waals surface area contributed by atoms with Crippen molar-refractivity contribution >= 4 is 7.85 Å². The van der Waals surface area contributed by atoms with Gasteiger partial charge in [-0.2, -0.15) is 0 Å². The van der Waals surface area contributed by atoms with E-state index in [0.29, 0.717) is 0 Å². The van der Waals surface area contributed by atoms with Crippen LogP contribution in [0.15, 0.2) is 35.9 Å². The first kappa shape index (κ1) is 10.4. The van der Waals surface area contributed by atoms with Gasteiger partial charge in [-0.05, 0) is 0 Å². The lowest BCUT2D eigenvalue weighted by molar-refractivity contribution is 0.575. The van der Waals surface area contributed by atoms with Gasteiger partial charge in [0.1, 0.15) is 7.85 Å². The lowest BCUT2D eigenvalue weighted by Crippen LogP contribution is -2.11. The van der Waals surface area contributed by atoms with Crippen LogP contribution in [0.2, 0.25) is 0 Å². The first-order chi connectivity index (χ1) is 5.81. The van der Waals surface area contributed by atoms with Crippen LogP contribution >= 0.6 is 0 Å². The van der Waals surface area contributed by atoms with Crippen molar-refractivity contribution in [3.63, 3.8) is 0 Å². The van der Waals surface area contributed by atoms with E-state index >= 15 is 0 Å². The Bertz CT molecular complexity index is 277. The normalized spacial score (nSPS) is 27.2. The van der Waals surface area contributed by atoms with Gasteiger partial charge >= 0.3 is 0 Å². The molecule has 2 radical (unpaired) electrons. The van der Waals surface area contributed by atoms with Crippen molar-refractivity contribution in [1.29, 1.82) is 0 Å². The summed E-state index contributed by atoms with van der Waals surface area (Å²) in [5, 5.41) is 0. The summed E-state index contributed by atoms with van der Waals surface area (Å²) in [4.78, 5) is 0. The number of hydrogen-bond acceptors (Lipinski definition) is 0. The summed E-state index contributed by atoms with van der Waals surface area (Å²) in [6.45, 7) is 8.67. The van der Waals surface area contributed by atoms with Crippen LogP contribution in [-0.4, -0.2) is 7.85 Å². The standard InChI is InChI=1S/C12H17B/c1-11(2)6-5-10(13)9-12(3,4)8-7-11/h5-9H,1-4H3/b6-5?,8-7-,10-9?. The first-order valence-electron chi connectivity index (χ1n) is 4.69. The largest absolute Gasteiger partial charge is 0.113 e. The highest BCUT2D eigenvalue weighted by Gasteiger charge is 2.16. The summed E-state index contributed by atoms with van der Waals surface area (Å²) >= 11 is 0. The van der Waals surface area contributed by atoms with E-state index in [4.69, 9.17) is 7.85 Å². The van der Waals surface area contributed by atoms with Crippen molar-refractivity contribution in [3.05, 3.63) is 35.9 Å². The van der Waals surface area contributed by atoms with E-state index in [9.17, 15) is 0 Å². The molecule has 1 aliphatic rings. The van der Waals surface area contributed by atoms with Gasteiger partial charge in [-0.15, -0.1) is 5.47 Å².